The first-order valence-electron chi connectivity index (χ1n) is 5.00. The van der Waals surface area contributed by atoms with Gasteiger partial charge in [0.25, 0.3) is 5.91 Å². The summed E-state index contributed by atoms with van der Waals surface area (Å²) < 4.78 is 38.4. The van der Waals surface area contributed by atoms with Crippen molar-refractivity contribution in [2.75, 3.05) is 18.9 Å². The van der Waals surface area contributed by atoms with Crippen LogP contribution in [0.4, 0.5) is 18.9 Å². The van der Waals surface area contributed by atoms with Crippen molar-refractivity contribution in [3.63, 3.8) is 0 Å². The van der Waals surface area contributed by atoms with Gasteiger partial charge in [0.05, 0.1) is 12.1 Å². The number of hydrogen-bond donors (Lipinski definition) is 2. The van der Waals surface area contributed by atoms with Gasteiger partial charge in [-0.1, -0.05) is 5.92 Å². The Labute approximate surface area is 102 Å². The second kappa shape index (κ2) is 5.45. The molecule has 3 nitrogen and oxygen atoms in total. The summed E-state index contributed by atoms with van der Waals surface area (Å²) in [4.78, 5) is 11.3. The van der Waals surface area contributed by atoms with Crippen LogP contribution in [0.1, 0.15) is 15.9 Å². The molecule has 0 aliphatic heterocycles. The lowest BCUT2D eigenvalue weighted by atomic mass is 10.1. The Bertz CT molecular complexity index is 489. The fourth-order valence-corrected chi connectivity index (χ4v) is 1.36. The Hall–Kier alpha value is -2.16. The van der Waals surface area contributed by atoms with Crippen LogP contribution in [0.3, 0.4) is 0 Å². The van der Waals surface area contributed by atoms with Crippen molar-refractivity contribution < 1.29 is 18.0 Å². The number of carbonyl (C=O) groups excluding carboxylic acids is 1. The largest absolute Gasteiger partial charge is 0.418 e. The van der Waals surface area contributed by atoms with Crippen molar-refractivity contribution in [3.05, 3.63) is 29.3 Å². The number of benzene rings is 1. The Kier molecular flexibility index (Phi) is 4.21. The maximum atomic E-state index is 12.8. The van der Waals surface area contributed by atoms with Crippen molar-refractivity contribution in [1.29, 1.82) is 0 Å². The van der Waals surface area contributed by atoms with E-state index < -0.39 is 17.6 Å². The number of terminal acetylenes is 1. The van der Waals surface area contributed by atoms with Gasteiger partial charge in [-0.15, -0.1) is 6.42 Å². The predicted octanol–water partition coefficient (Wildman–Crippen LogP) is 2.11. The average molecular weight is 256 g/mol. The summed E-state index contributed by atoms with van der Waals surface area (Å²) in [6.45, 7) is -0.0254. The van der Waals surface area contributed by atoms with E-state index in [0.717, 1.165) is 6.07 Å². The molecular weight excluding hydrogens is 245 g/mol. The molecule has 6 heteroatoms. The van der Waals surface area contributed by atoms with Crippen molar-refractivity contribution >= 4 is 11.6 Å². The van der Waals surface area contributed by atoms with Gasteiger partial charge in [-0.3, -0.25) is 4.79 Å². The molecule has 0 saturated heterocycles. The molecule has 1 aromatic rings. The maximum absolute atomic E-state index is 12.8. The molecule has 2 N–H and O–H groups in total. The third-order valence-corrected chi connectivity index (χ3v) is 2.20. The fraction of sp³-hybridized carbons (Fsp3) is 0.250. The Morgan fingerprint density at radius 1 is 1.44 bits per heavy atom. The normalized spacial score (nSPS) is 10.6. The van der Waals surface area contributed by atoms with Crippen molar-refractivity contribution in [2.24, 2.45) is 0 Å². The molecule has 0 unspecified atom stereocenters. The smallest absolute Gasteiger partial charge is 0.374 e. The monoisotopic (exact) mass is 256 g/mol. The third kappa shape index (κ3) is 3.17. The number of nitrogens with one attached hydrogen (secondary N) is 2. The lowest BCUT2D eigenvalue weighted by Gasteiger charge is -2.14. The maximum Gasteiger partial charge on any atom is 0.418 e. The van der Waals surface area contributed by atoms with Crippen LogP contribution < -0.4 is 10.6 Å². The van der Waals surface area contributed by atoms with Crippen LogP contribution in [0.2, 0.25) is 0 Å². The number of alkyl halides is 3. The summed E-state index contributed by atoms with van der Waals surface area (Å²) in [5.41, 5.74) is -1.12. The highest BCUT2D eigenvalue weighted by Crippen LogP contribution is 2.35. The molecule has 96 valence electrons. The van der Waals surface area contributed by atoms with Gasteiger partial charge in [0.15, 0.2) is 0 Å². The minimum absolute atomic E-state index is 0.0254. The molecule has 1 aromatic carbocycles. The molecule has 1 rings (SSSR count). The van der Waals surface area contributed by atoms with Crippen molar-refractivity contribution in [3.8, 4) is 12.3 Å². The zero-order chi connectivity index (χ0) is 13.8. The summed E-state index contributed by atoms with van der Waals surface area (Å²) in [5, 5.41) is 4.73. The van der Waals surface area contributed by atoms with Crippen molar-refractivity contribution in [1.82, 2.24) is 5.32 Å². The second-order valence-corrected chi connectivity index (χ2v) is 3.39. The van der Waals surface area contributed by atoms with E-state index in [1.807, 2.05) is 0 Å². The highest BCUT2D eigenvalue weighted by atomic mass is 19.4. The van der Waals surface area contributed by atoms with E-state index in [1.165, 1.54) is 19.2 Å². The molecular formula is C12H11F3N2O. The second-order valence-electron chi connectivity index (χ2n) is 3.39. The quantitative estimate of drug-likeness (QED) is 0.813. The summed E-state index contributed by atoms with van der Waals surface area (Å²) in [6, 6.07) is 3.27. The van der Waals surface area contributed by atoms with Crippen molar-refractivity contribution in [2.45, 2.75) is 6.18 Å². The Morgan fingerprint density at radius 3 is 2.61 bits per heavy atom. The molecule has 0 saturated carbocycles. The zero-order valence-electron chi connectivity index (χ0n) is 9.56. The molecule has 0 aromatic heterocycles. The molecule has 0 aliphatic carbocycles. The molecule has 0 heterocycles. The van der Waals surface area contributed by atoms with Gasteiger partial charge >= 0.3 is 6.18 Å². The number of hydrogen-bond acceptors (Lipinski definition) is 2. The van der Waals surface area contributed by atoms with Gasteiger partial charge in [0, 0.05) is 18.3 Å². The first-order chi connectivity index (χ1) is 8.40. The highest BCUT2D eigenvalue weighted by molar-refractivity contribution is 5.94. The standard InChI is InChI=1S/C12H11F3N2O/c1-3-6-17-10-5-4-8(11(18)16-2)7-9(10)12(13,14)15/h1,4-5,7,17H,6H2,2H3,(H,16,18). The molecule has 18 heavy (non-hydrogen) atoms. The van der Waals surface area contributed by atoms with Crippen LogP contribution in [0.5, 0.6) is 0 Å². The van der Waals surface area contributed by atoms with Gasteiger partial charge in [0.2, 0.25) is 0 Å². The summed E-state index contributed by atoms with van der Waals surface area (Å²) in [7, 11) is 1.35. The molecule has 0 bridgehead atoms. The highest BCUT2D eigenvalue weighted by Gasteiger charge is 2.34. The van der Waals surface area contributed by atoms with Crippen LogP contribution in [0, 0.1) is 12.3 Å². The van der Waals surface area contributed by atoms with E-state index in [1.54, 1.807) is 0 Å². The van der Waals surface area contributed by atoms with Gasteiger partial charge in [-0.2, -0.15) is 13.2 Å². The van der Waals surface area contributed by atoms with Crippen LogP contribution >= 0.6 is 0 Å². The summed E-state index contributed by atoms with van der Waals surface area (Å²) in [5.74, 6) is 1.61. The molecule has 0 radical (unpaired) electrons. The molecule has 1 amide bonds. The topological polar surface area (TPSA) is 41.1 Å². The summed E-state index contributed by atoms with van der Waals surface area (Å²) in [6.07, 6.45) is 0.423. The van der Waals surface area contributed by atoms with E-state index in [2.05, 4.69) is 16.6 Å². The number of halogens is 3. The van der Waals surface area contributed by atoms with Crippen LogP contribution in [-0.4, -0.2) is 19.5 Å². The van der Waals surface area contributed by atoms with Gasteiger partial charge < -0.3 is 10.6 Å². The number of amides is 1. The predicted molar refractivity (Wildman–Crippen MR) is 62.2 cm³/mol. The van der Waals surface area contributed by atoms with Crippen LogP contribution in [-0.2, 0) is 6.18 Å². The number of carbonyl (C=O) groups is 1. The Morgan fingerprint density at radius 2 is 2.11 bits per heavy atom. The lowest BCUT2D eigenvalue weighted by molar-refractivity contribution is -0.136. The first-order valence-corrected chi connectivity index (χ1v) is 5.00. The minimum Gasteiger partial charge on any atom is -0.374 e. The average Bonchev–Trinajstić information content (AvgIpc) is 2.34. The van der Waals surface area contributed by atoms with Crippen LogP contribution in [0.15, 0.2) is 18.2 Å². The Balaban J connectivity index is 3.22. The lowest BCUT2D eigenvalue weighted by Crippen LogP contribution is -2.19. The van der Waals surface area contributed by atoms with Crippen LogP contribution in [0.25, 0.3) is 0 Å². The molecule has 0 spiro atoms. The van der Waals surface area contributed by atoms with E-state index in [4.69, 9.17) is 6.42 Å². The molecule has 0 aliphatic rings. The fourth-order valence-electron chi connectivity index (χ4n) is 1.36. The van der Waals surface area contributed by atoms with E-state index >= 15 is 0 Å². The van der Waals surface area contributed by atoms with Gasteiger partial charge in [-0.25, -0.2) is 0 Å². The number of rotatable bonds is 3. The zero-order valence-corrected chi connectivity index (χ0v) is 9.56. The van der Waals surface area contributed by atoms with E-state index in [0.29, 0.717) is 0 Å². The van der Waals surface area contributed by atoms with E-state index in [9.17, 15) is 18.0 Å². The SMILES string of the molecule is C#CCNc1ccc(C(=O)NC)cc1C(F)(F)F. The molecule has 0 fully saturated rings. The van der Waals surface area contributed by atoms with Gasteiger partial charge in [-0.05, 0) is 18.2 Å². The number of anilines is 1. The molecule has 0 atom stereocenters. The third-order valence-electron chi connectivity index (χ3n) is 2.20. The van der Waals surface area contributed by atoms with E-state index in [-0.39, 0.29) is 17.8 Å². The van der Waals surface area contributed by atoms with Gasteiger partial charge in [0.1, 0.15) is 0 Å². The summed E-state index contributed by atoms with van der Waals surface area (Å²) >= 11 is 0. The first kappa shape index (κ1) is 13.9. The minimum atomic E-state index is -4.55.